The fourth-order valence-corrected chi connectivity index (χ4v) is 14.4. The number of para-hydroxylation sites is 1. The molecule has 0 saturated carbocycles. The molecule has 9 aromatic rings. The summed E-state index contributed by atoms with van der Waals surface area (Å²) in [6, 6.07) is 59.4. The monoisotopic (exact) mass is 1070 g/mol. The molecular weight excluding hydrogens is 982 g/mol. The molecule has 0 radical (unpaired) electrons. The molecule has 2 aliphatic heterocycles. The third kappa shape index (κ3) is 8.60. The molecule has 0 bridgehead atoms. The molecular formula is C76H84BN3O. The number of anilines is 9. The Morgan fingerprint density at radius 2 is 0.840 bits per heavy atom. The number of hydrogen-bond acceptors (Lipinski definition) is 4. The highest BCUT2D eigenvalue weighted by Crippen LogP contribution is 2.54. The van der Waals surface area contributed by atoms with Crippen LogP contribution in [0, 0.1) is 0 Å². The van der Waals surface area contributed by atoms with Gasteiger partial charge in [0.05, 0.1) is 0 Å². The van der Waals surface area contributed by atoms with E-state index in [4.69, 9.17) is 4.42 Å². The quantitative estimate of drug-likeness (QED) is 0.160. The van der Waals surface area contributed by atoms with E-state index in [2.05, 4.69) is 284 Å². The molecule has 412 valence electrons. The van der Waals surface area contributed by atoms with Crippen LogP contribution in [0.15, 0.2) is 156 Å². The summed E-state index contributed by atoms with van der Waals surface area (Å²) in [6.07, 6.45) is 4.64. The summed E-state index contributed by atoms with van der Waals surface area (Å²) in [5.74, 6) is 0. The average molecular weight is 1070 g/mol. The van der Waals surface area contributed by atoms with Crippen molar-refractivity contribution in [1.29, 1.82) is 0 Å². The maximum absolute atomic E-state index is 6.80. The molecule has 0 saturated heterocycles. The van der Waals surface area contributed by atoms with Crippen LogP contribution in [0.3, 0.4) is 0 Å². The summed E-state index contributed by atoms with van der Waals surface area (Å²) in [7, 11) is 0. The van der Waals surface area contributed by atoms with Crippen molar-refractivity contribution in [2.75, 3.05) is 14.7 Å². The van der Waals surface area contributed by atoms with Gasteiger partial charge in [-0.2, -0.15) is 0 Å². The van der Waals surface area contributed by atoms with Gasteiger partial charge in [0, 0.05) is 68.0 Å². The number of hydrogen-bond donors (Lipinski definition) is 0. The van der Waals surface area contributed by atoms with Crippen LogP contribution in [-0.4, -0.2) is 6.71 Å². The second-order valence-corrected chi connectivity index (χ2v) is 30.5. The third-order valence-corrected chi connectivity index (χ3v) is 19.8. The zero-order chi connectivity index (χ0) is 57.3. The highest BCUT2D eigenvalue weighted by atomic mass is 16.3. The molecule has 4 nitrogen and oxygen atoms in total. The SMILES string of the molecule is CC(C)(C)c1ccc(N(c2ccc(C(C)(C)C)cc2)c2ccc3c(c2)N(c2ccc4c(c2)oc2ccccc24)c2cc(C(C)(C)C)cc4c2B3c2cc3c(cc2N4c2ccc4c(c2)C(C)(C)CCC4(C)C)C(C)(C)CCC3(C)C)cc1. The van der Waals surface area contributed by atoms with Crippen LogP contribution >= 0.6 is 0 Å². The van der Waals surface area contributed by atoms with Gasteiger partial charge in [0.25, 0.3) is 6.71 Å². The lowest BCUT2D eigenvalue weighted by Crippen LogP contribution is -2.62. The molecule has 8 aromatic carbocycles. The second kappa shape index (κ2) is 17.8. The summed E-state index contributed by atoms with van der Waals surface area (Å²) in [6.45, 7) is 40.7. The highest BCUT2D eigenvalue weighted by molar-refractivity contribution is 7.00. The molecule has 0 spiro atoms. The standard InChI is InChI=1S/C76H84BN3O/c1-70(2,3)47-22-26-50(27-23-47)78(51-28-24-48(25-29-51)71(4,5)6)53-32-35-61-63(43-53)80(54-30-33-56-55-20-18-19-21-67(55)81-68(56)44-54)66-41-49(72(7,8)9)40-65-69(66)77(61)62-45-59-60(76(16,17)39-38-75(59,14)15)46-64(62)79(65)52-31-34-57-58(42-52)74(12,13)37-36-73(57,10)11/h18-35,40-46H,36-39H2,1-17H3. The van der Waals surface area contributed by atoms with Gasteiger partial charge in [-0.05, 0) is 204 Å². The van der Waals surface area contributed by atoms with Gasteiger partial charge in [0.2, 0.25) is 0 Å². The van der Waals surface area contributed by atoms with Crippen LogP contribution in [-0.2, 0) is 37.9 Å². The van der Waals surface area contributed by atoms with E-state index in [-0.39, 0.29) is 44.6 Å². The van der Waals surface area contributed by atoms with Crippen LogP contribution in [0.4, 0.5) is 51.2 Å². The van der Waals surface area contributed by atoms with Gasteiger partial charge >= 0.3 is 0 Å². The van der Waals surface area contributed by atoms with E-state index in [9.17, 15) is 0 Å². The minimum atomic E-state index is -0.178. The molecule has 0 amide bonds. The van der Waals surface area contributed by atoms with Crippen LogP contribution in [0.25, 0.3) is 21.9 Å². The van der Waals surface area contributed by atoms with Crippen molar-refractivity contribution in [3.05, 3.63) is 191 Å². The third-order valence-electron chi connectivity index (χ3n) is 19.8. The van der Waals surface area contributed by atoms with Crippen LogP contribution in [0.1, 0.15) is 182 Å². The summed E-state index contributed by atoms with van der Waals surface area (Å²) < 4.78 is 6.80. The average Bonchev–Trinajstić information content (AvgIpc) is 2.98. The minimum Gasteiger partial charge on any atom is -0.456 e. The Morgan fingerprint density at radius 1 is 0.383 bits per heavy atom. The largest absolute Gasteiger partial charge is 0.456 e. The fraction of sp³-hybridized carbons (Fsp3) is 0.368. The molecule has 5 heteroatoms. The smallest absolute Gasteiger partial charge is 0.252 e. The Labute approximate surface area is 484 Å². The normalized spacial score (nSPS) is 17.6. The molecule has 3 heterocycles. The fourth-order valence-electron chi connectivity index (χ4n) is 14.4. The van der Waals surface area contributed by atoms with Crippen molar-refractivity contribution >= 4 is 96.2 Å². The topological polar surface area (TPSA) is 22.9 Å². The molecule has 81 heavy (non-hydrogen) atoms. The van der Waals surface area contributed by atoms with E-state index in [1.807, 2.05) is 0 Å². The Morgan fingerprint density at radius 3 is 1.40 bits per heavy atom. The van der Waals surface area contributed by atoms with E-state index < -0.39 is 0 Å². The first-order valence-corrected chi connectivity index (χ1v) is 30.2. The van der Waals surface area contributed by atoms with E-state index >= 15 is 0 Å². The number of benzene rings is 8. The van der Waals surface area contributed by atoms with Crippen LogP contribution < -0.4 is 31.1 Å². The predicted octanol–water partition coefficient (Wildman–Crippen LogP) is 19.7. The van der Waals surface area contributed by atoms with E-state index in [0.717, 1.165) is 64.0 Å². The summed E-state index contributed by atoms with van der Waals surface area (Å²) in [5, 5.41) is 2.26. The van der Waals surface area contributed by atoms with E-state index in [1.165, 1.54) is 90.2 Å². The zero-order valence-corrected chi connectivity index (χ0v) is 51.6. The maximum Gasteiger partial charge on any atom is 0.252 e. The second-order valence-electron chi connectivity index (χ2n) is 30.5. The first kappa shape index (κ1) is 53.3. The molecule has 0 fully saturated rings. The molecule has 1 aromatic heterocycles. The lowest BCUT2D eigenvalue weighted by Gasteiger charge is -2.48. The van der Waals surface area contributed by atoms with Gasteiger partial charge < -0.3 is 19.1 Å². The molecule has 0 atom stereocenters. The predicted molar refractivity (Wildman–Crippen MR) is 349 cm³/mol. The maximum atomic E-state index is 6.80. The van der Waals surface area contributed by atoms with Crippen molar-refractivity contribution < 1.29 is 4.42 Å². The van der Waals surface area contributed by atoms with Crippen molar-refractivity contribution in [2.24, 2.45) is 0 Å². The first-order valence-electron chi connectivity index (χ1n) is 30.2. The van der Waals surface area contributed by atoms with Gasteiger partial charge in [-0.25, -0.2) is 0 Å². The minimum absolute atomic E-state index is 0.00625. The summed E-state index contributed by atoms with van der Waals surface area (Å²) >= 11 is 0. The Hall–Kier alpha value is -6.98. The van der Waals surface area contributed by atoms with Gasteiger partial charge in [-0.15, -0.1) is 0 Å². The Bertz CT molecular complexity index is 3960. The molecule has 2 aliphatic carbocycles. The number of furan rings is 1. The number of fused-ring (bicyclic) bond motifs is 9. The van der Waals surface area contributed by atoms with Gasteiger partial charge in [0.15, 0.2) is 0 Å². The number of nitrogens with zero attached hydrogens (tertiary/aromatic N) is 3. The Balaban J connectivity index is 1.13. The van der Waals surface area contributed by atoms with Crippen molar-refractivity contribution in [3.63, 3.8) is 0 Å². The first-order chi connectivity index (χ1) is 38.0. The molecule has 0 unspecified atom stereocenters. The summed E-state index contributed by atoms with van der Waals surface area (Å²) in [5.41, 5.74) is 26.3. The van der Waals surface area contributed by atoms with Gasteiger partial charge in [-0.3, -0.25) is 0 Å². The Kier molecular flexibility index (Phi) is 11.7. The summed E-state index contributed by atoms with van der Waals surface area (Å²) in [4.78, 5) is 7.79. The molecule has 0 N–H and O–H groups in total. The highest BCUT2D eigenvalue weighted by Gasteiger charge is 2.48. The van der Waals surface area contributed by atoms with Crippen molar-refractivity contribution in [1.82, 2.24) is 0 Å². The van der Waals surface area contributed by atoms with Crippen molar-refractivity contribution in [3.8, 4) is 0 Å². The van der Waals surface area contributed by atoms with Gasteiger partial charge in [-0.1, -0.05) is 178 Å². The molecule has 4 aliphatic rings. The van der Waals surface area contributed by atoms with Crippen LogP contribution in [0.5, 0.6) is 0 Å². The lowest BCUT2D eigenvalue weighted by molar-refractivity contribution is 0.332. The van der Waals surface area contributed by atoms with E-state index in [0.29, 0.717) is 0 Å². The van der Waals surface area contributed by atoms with E-state index in [1.54, 1.807) is 0 Å². The van der Waals surface area contributed by atoms with Gasteiger partial charge in [0.1, 0.15) is 11.2 Å². The molecule has 13 rings (SSSR count). The van der Waals surface area contributed by atoms with Crippen LogP contribution in [0.2, 0.25) is 0 Å². The lowest BCUT2D eigenvalue weighted by atomic mass is 9.33. The zero-order valence-electron chi connectivity index (χ0n) is 51.6. The van der Waals surface area contributed by atoms with Crippen molar-refractivity contribution in [2.45, 2.75) is 181 Å². The number of rotatable bonds is 5.